The number of carbonyl (C=O) groups is 3. The number of anilines is 2. The quantitative estimate of drug-likeness (QED) is 0.347. The second-order valence-electron chi connectivity index (χ2n) is 11.1. The molecule has 5 rings (SSSR count). The van der Waals surface area contributed by atoms with Gasteiger partial charge in [-0.15, -0.1) is 0 Å². The summed E-state index contributed by atoms with van der Waals surface area (Å²) in [7, 11) is 3.58. The molecule has 2 heterocycles. The summed E-state index contributed by atoms with van der Waals surface area (Å²) in [5, 5.41) is 3.74. The van der Waals surface area contributed by atoms with E-state index in [0.717, 1.165) is 56.7 Å². The minimum atomic E-state index is -0.363. The Kier molecular flexibility index (Phi) is 9.90. The molecule has 2 aliphatic rings. The Balaban J connectivity index is 1.38. The number of methoxy groups -OCH3 is 1. The van der Waals surface area contributed by atoms with Crippen LogP contribution in [0.4, 0.5) is 11.4 Å². The van der Waals surface area contributed by atoms with Gasteiger partial charge in [0, 0.05) is 55.1 Å². The SMILES string of the molecule is COc1cc(NC(=O)c2ccccc2Cl)ccc1C(=O)N1CCCC(CC(=O)N2CCCN(C)CC2)c2cc(Cl)ccc21. The van der Waals surface area contributed by atoms with E-state index in [1.54, 1.807) is 53.4 Å². The van der Waals surface area contributed by atoms with Crippen molar-refractivity contribution in [3.05, 3.63) is 87.4 Å². The van der Waals surface area contributed by atoms with Gasteiger partial charge in [-0.2, -0.15) is 0 Å². The Morgan fingerprint density at radius 3 is 2.51 bits per heavy atom. The highest BCUT2D eigenvalue weighted by Crippen LogP contribution is 2.40. The maximum absolute atomic E-state index is 14.1. The van der Waals surface area contributed by atoms with Gasteiger partial charge in [-0.25, -0.2) is 0 Å². The van der Waals surface area contributed by atoms with Crippen molar-refractivity contribution >= 4 is 52.3 Å². The lowest BCUT2D eigenvalue weighted by Gasteiger charge is -2.26. The summed E-state index contributed by atoms with van der Waals surface area (Å²) >= 11 is 12.6. The van der Waals surface area contributed by atoms with Gasteiger partial charge in [0.1, 0.15) is 5.75 Å². The first-order chi connectivity index (χ1) is 20.7. The fourth-order valence-corrected chi connectivity index (χ4v) is 6.27. The van der Waals surface area contributed by atoms with Crippen LogP contribution in [0.1, 0.15) is 57.9 Å². The molecule has 0 bridgehead atoms. The summed E-state index contributed by atoms with van der Waals surface area (Å²) in [6.45, 7) is 3.83. The van der Waals surface area contributed by atoms with E-state index in [1.165, 1.54) is 7.11 Å². The number of nitrogens with zero attached hydrogens (tertiary/aromatic N) is 3. The lowest BCUT2D eigenvalue weighted by molar-refractivity contribution is -0.131. The van der Waals surface area contributed by atoms with Crippen LogP contribution in [0.15, 0.2) is 60.7 Å². The molecule has 2 aliphatic heterocycles. The van der Waals surface area contributed by atoms with Crippen LogP contribution in [0, 0.1) is 0 Å². The van der Waals surface area contributed by atoms with Crippen molar-refractivity contribution < 1.29 is 19.1 Å². The van der Waals surface area contributed by atoms with E-state index in [1.807, 2.05) is 17.0 Å². The molecule has 10 heteroatoms. The van der Waals surface area contributed by atoms with Crippen LogP contribution in [-0.2, 0) is 4.79 Å². The summed E-state index contributed by atoms with van der Waals surface area (Å²) in [5.74, 6) is -0.171. The molecule has 1 saturated heterocycles. The van der Waals surface area contributed by atoms with Crippen molar-refractivity contribution in [3.63, 3.8) is 0 Å². The zero-order valence-electron chi connectivity index (χ0n) is 24.4. The minimum absolute atomic E-state index is 0.0516. The molecule has 1 atom stereocenters. The molecule has 0 spiro atoms. The van der Waals surface area contributed by atoms with Crippen LogP contribution in [0.5, 0.6) is 5.75 Å². The Bertz CT molecular complexity index is 1510. The molecule has 0 aliphatic carbocycles. The number of carbonyl (C=O) groups excluding carboxylic acids is 3. The topological polar surface area (TPSA) is 82.2 Å². The van der Waals surface area contributed by atoms with Gasteiger partial charge < -0.3 is 24.8 Å². The number of hydrogen-bond acceptors (Lipinski definition) is 5. The summed E-state index contributed by atoms with van der Waals surface area (Å²) in [4.78, 5) is 46.2. The fourth-order valence-electron chi connectivity index (χ4n) is 5.86. The molecule has 0 aromatic heterocycles. The summed E-state index contributed by atoms with van der Waals surface area (Å²) in [6, 6.07) is 17.3. The van der Waals surface area contributed by atoms with Crippen LogP contribution in [0.25, 0.3) is 0 Å². The average molecular weight is 624 g/mol. The predicted molar refractivity (Wildman–Crippen MR) is 171 cm³/mol. The Morgan fingerprint density at radius 1 is 0.907 bits per heavy atom. The van der Waals surface area contributed by atoms with Gasteiger partial charge in [-0.1, -0.05) is 35.3 Å². The molecular weight excluding hydrogens is 587 g/mol. The van der Waals surface area contributed by atoms with Gasteiger partial charge in [0.25, 0.3) is 11.8 Å². The molecule has 1 fully saturated rings. The standard InChI is InChI=1S/C33H36Cl2N4O4/c1-37-14-6-15-38(18-17-37)31(40)19-22-7-5-16-39(29-13-10-23(34)20-27(22)29)33(42)26-12-11-24(21-30(26)43-2)36-32(41)25-8-3-4-9-28(25)35/h3-4,8-13,20-22H,5-7,14-19H2,1-2H3,(H,36,41). The number of ether oxygens (including phenoxy) is 1. The molecule has 3 aromatic carbocycles. The van der Waals surface area contributed by atoms with E-state index in [4.69, 9.17) is 27.9 Å². The minimum Gasteiger partial charge on any atom is -0.496 e. The Labute approximate surface area is 262 Å². The van der Waals surface area contributed by atoms with Crippen molar-refractivity contribution in [1.82, 2.24) is 9.80 Å². The van der Waals surface area contributed by atoms with Crippen molar-refractivity contribution in [3.8, 4) is 5.75 Å². The molecule has 0 saturated carbocycles. The van der Waals surface area contributed by atoms with Crippen LogP contribution < -0.4 is 15.0 Å². The molecular formula is C33H36Cl2N4O4. The molecule has 1 unspecified atom stereocenters. The van der Waals surface area contributed by atoms with Crippen molar-refractivity contribution in [2.45, 2.75) is 31.6 Å². The first-order valence-electron chi connectivity index (χ1n) is 14.6. The average Bonchev–Trinajstić information content (AvgIpc) is 3.32. The second-order valence-corrected chi connectivity index (χ2v) is 11.9. The van der Waals surface area contributed by atoms with Crippen LogP contribution in [-0.4, -0.2) is 74.4 Å². The number of nitrogens with one attached hydrogen (secondary N) is 1. The summed E-state index contributed by atoms with van der Waals surface area (Å²) < 4.78 is 5.61. The van der Waals surface area contributed by atoms with E-state index in [9.17, 15) is 14.4 Å². The van der Waals surface area contributed by atoms with Gasteiger partial charge in [0.2, 0.25) is 5.91 Å². The van der Waals surface area contributed by atoms with Gasteiger partial charge in [-0.05, 0) is 86.8 Å². The molecule has 1 N–H and O–H groups in total. The molecule has 43 heavy (non-hydrogen) atoms. The first kappa shape index (κ1) is 30.9. The third kappa shape index (κ3) is 7.15. The molecule has 3 amide bonds. The number of amides is 3. The van der Waals surface area contributed by atoms with E-state index < -0.39 is 0 Å². The first-order valence-corrected chi connectivity index (χ1v) is 15.3. The van der Waals surface area contributed by atoms with Crippen molar-refractivity contribution in [2.75, 3.05) is 57.1 Å². The van der Waals surface area contributed by atoms with Crippen LogP contribution in [0.3, 0.4) is 0 Å². The largest absolute Gasteiger partial charge is 0.496 e. The third-order valence-corrected chi connectivity index (χ3v) is 8.77. The number of fused-ring (bicyclic) bond motifs is 1. The van der Waals surface area contributed by atoms with Gasteiger partial charge >= 0.3 is 0 Å². The zero-order chi connectivity index (χ0) is 30.5. The lowest BCUT2D eigenvalue weighted by Crippen LogP contribution is -2.35. The van der Waals surface area contributed by atoms with Crippen LogP contribution >= 0.6 is 23.2 Å². The van der Waals surface area contributed by atoms with Gasteiger partial charge in [-0.3, -0.25) is 14.4 Å². The Morgan fingerprint density at radius 2 is 1.72 bits per heavy atom. The maximum atomic E-state index is 14.1. The van der Waals surface area contributed by atoms with Gasteiger partial charge in [0.05, 0.1) is 23.3 Å². The number of rotatable bonds is 6. The van der Waals surface area contributed by atoms with E-state index in [2.05, 4.69) is 17.3 Å². The highest BCUT2D eigenvalue weighted by atomic mass is 35.5. The molecule has 3 aromatic rings. The van der Waals surface area contributed by atoms with Crippen LogP contribution in [0.2, 0.25) is 10.0 Å². The number of hydrogen-bond donors (Lipinski definition) is 1. The Hall–Kier alpha value is -3.59. The summed E-state index contributed by atoms with van der Waals surface area (Å²) in [6.07, 6.45) is 2.83. The molecule has 8 nitrogen and oxygen atoms in total. The normalized spacial score (nSPS) is 17.4. The monoisotopic (exact) mass is 622 g/mol. The number of likely N-dealkylation sites (N-methyl/N-ethyl adjacent to an activating group) is 1. The highest BCUT2D eigenvalue weighted by Gasteiger charge is 2.31. The lowest BCUT2D eigenvalue weighted by atomic mass is 9.90. The van der Waals surface area contributed by atoms with Crippen molar-refractivity contribution in [1.29, 1.82) is 0 Å². The van der Waals surface area contributed by atoms with E-state index >= 15 is 0 Å². The zero-order valence-corrected chi connectivity index (χ0v) is 26.0. The van der Waals surface area contributed by atoms with E-state index in [-0.39, 0.29) is 23.6 Å². The summed E-state index contributed by atoms with van der Waals surface area (Å²) in [5.41, 5.74) is 2.83. The third-order valence-electron chi connectivity index (χ3n) is 8.20. The number of halogens is 2. The second kappa shape index (κ2) is 13.8. The molecule has 0 radical (unpaired) electrons. The van der Waals surface area contributed by atoms with E-state index in [0.29, 0.717) is 45.6 Å². The smallest absolute Gasteiger partial charge is 0.262 e. The maximum Gasteiger partial charge on any atom is 0.262 e. The fraction of sp³-hybridized carbons (Fsp3) is 0.364. The predicted octanol–water partition coefficient (Wildman–Crippen LogP) is 6.33. The van der Waals surface area contributed by atoms with Gasteiger partial charge in [0.15, 0.2) is 0 Å². The highest BCUT2D eigenvalue weighted by molar-refractivity contribution is 6.34. The number of benzene rings is 3. The molecule has 226 valence electrons. The van der Waals surface area contributed by atoms with Crippen molar-refractivity contribution in [2.24, 2.45) is 0 Å².